The molecular formula is C27H28FNO2. The fraction of sp³-hybridized carbons (Fsp3) is 0.296. The Kier molecular flexibility index (Phi) is 6.66. The predicted molar refractivity (Wildman–Crippen MR) is 122 cm³/mol. The topological polar surface area (TPSA) is 29.5 Å². The van der Waals surface area contributed by atoms with Gasteiger partial charge >= 0.3 is 0 Å². The van der Waals surface area contributed by atoms with Gasteiger partial charge in [-0.1, -0.05) is 48.5 Å². The van der Waals surface area contributed by atoms with E-state index in [2.05, 4.69) is 0 Å². The lowest BCUT2D eigenvalue weighted by molar-refractivity contribution is 0.0639. The zero-order valence-corrected chi connectivity index (χ0v) is 17.8. The van der Waals surface area contributed by atoms with E-state index < -0.39 is 0 Å². The molecule has 1 atom stereocenters. The van der Waals surface area contributed by atoms with Crippen molar-refractivity contribution in [2.24, 2.45) is 5.92 Å². The predicted octanol–water partition coefficient (Wildman–Crippen LogP) is 6.20. The minimum Gasteiger partial charge on any atom is -0.494 e. The number of carbonyl (C=O) groups is 1. The molecule has 1 aliphatic rings. The van der Waals surface area contributed by atoms with E-state index in [9.17, 15) is 9.18 Å². The zero-order chi connectivity index (χ0) is 21.6. The van der Waals surface area contributed by atoms with E-state index in [-0.39, 0.29) is 17.8 Å². The largest absolute Gasteiger partial charge is 0.494 e. The smallest absolute Gasteiger partial charge is 0.254 e. The van der Waals surface area contributed by atoms with Gasteiger partial charge in [-0.15, -0.1) is 0 Å². The first-order valence-corrected chi connectivity index (χ1v) is 11.0. The standard InChI is InChI=1S/C27H28FNO2/c1-2-29(26(21-12-13-21)18-19-31-23-16-14-22(28)15-17-23)27(30)25-11-7-6-10-24(25)20-8-4-3-5-9-20/h3-11,14-17,21,26H,2,12-13,18-19H2,1H3. The normalized spacial score (nSPS) is 14.1. The summed E-state index contributed by atoms with van der Waals surface area (Å²) in [5.41, 5.74) is 2.74. The first-order valence-electron chi connectivity index (χ1n) is 11.0. The number of benzene rings is 3. The van der Waals surface area contributed by atoms with Crippen LogP contribution in [0.1, 0.15) is 36.5 Å². The fourth-order valence-electron chi connectivity index (χ4n) is 4.18. The van der Waals surface area contributed by atoms with Crippen LogP contribution in [0, 0.1) is 11.7 Å². The summed E-state index contributed by atoms with van der Waals surface area (Å²) in [7, 11) is 0. The molecular weight excluding hydrogens is 389 g/mol. The van der Waals surface area contributed by atoms with E-state index >= 15 is 0 Å². The highest BCUT2D eigenvalue weighted by Gasteiger charge is 2.37. The Bertz CT molecular complexity index is 999. The number of amides is 1. The van der Waals surface area contributed by atoms with Gasteiger partial charge in [0.2, 0.25) is 0 Å². The summed E-state index contributed by atoms with van der Waals surface area (Å²) in [6.45, 7) is 3.19. The Morgan fingerprint density at radius 2 is 1.68 bits per heavy atom. The molecule has 0 spiro atoms. The van der Waals surface area contributed by atoms with Gasteiger partial charge in [0.1, 0.15) is 11.6 Å². The summed E-state index contributed by atoms with van der Waals surface area (Å²) >= 11 is 0. The third-order valence-corrected chi connectivity index (χ3v) is 5.91. The maximum atomic E-state index is 13.7. The number of nitrogens with zero attached hydrogens (tertiary/aromatic N) is 1. The first kappa shape index (κ1) is 21.1. The second kappa shape index (κ2) is 9.78. The van der Waals surface area contributed by atoms with E-state index in [1.54, 1.807) is 12.1 Å². The van der Waals surface area contributed by atoms with Crippen molar-refractivity contribution in [3.8, 4) is 16.9 Å². The molecule has 1 unspecified atom stereocenters. The molecule has 3 aromatic rings. The molecule has 0 saturated heterocycles. The van der Waals surface area contributed by atoms with Crippen LogP contribution in [0.25, 0.3) is 11.1 Å². The summed E-state index contributed by atoms with van der Waals surface area (Å²) in [6, 6.07) is 24.1. The van der Waals surface area contributed by atoms with E-state index in [1.165, 1.54) is 12.1 Å². The molecule has 0 bridgehead atoms. The molecule has 0 radical (unpaired) electrons. The van der Waals surface area contributed by atoms with Crippen molar-refractivity contribution in [1.82, 2.24) is 4.90 Å². The molecule has 0 heterocycles. The van der Waals surface area contributed by atoms with Crippen LogP contribution in [0.15, 0.2) is 78.9 Å². The average Bonchev–Trinajstić information content (AvgIpc) is 3.65. The summed E-state index contributed by atoms with van der Waals surface area (Å²) in [4.78, 5) is 15.7. The number of ether oxygens (including phenoxy) is 1. The van der Waals surface area contributed by atoms with Crippen LogP contribution in [0.5, 0.6) is 5.75 Å². The Labute approximate surface area is 183 Å². The highest BCUT2D eigenvalue weighted by molar-refractivity contribution is 6.01. The Morgan fingerprint density at radius 1 is 1.00 bits per heavy atom. The van der Waals surface area contributed by atoms with Crippen LogP contribution in [0.4, 0.5) is 4.39 Å². The fourth-order valence-corrected chi connectivity index (χ4v) is 4.18. The minimum absolute atomic E-state index is 0.0700. The van der Waals surface area contributed by atoms with Gasteiger partial charge in [-0.25, -0.2) is 4.39 Å². The van der Waals surface area contributed by atoms with Gasteiger partial charge in [0.25, 0.3) is 5.91 Å². The van der Waals surface area contributed by atoms with Gasteiger partial charge in [-0.3, -0.25) is 4.79 Å². The summed E-state index contributed by atoms with van der Waals surface area (Å²) in [5.74, 6) is 0.966. The SMILES string of the molecule is CCN(C(=O)c1ccccc1-c1ccccc1)C(CCOc1ccc(F)cc1)C1CC1. The van der Waals surface area contributed by atoms with Crippen molar-refractivity contribution in [2.45, 2.75) is 32.2 Å². The van der Waals surface area contributed by atoms with Gasteiger partial charge in [0.05, 0.1) is 6.61 Å². The van der Waals surface area contributed by atoms with Crippen LogP contribution < -0.4 is 4.74 Å². The van der Waals surface area contributed by atoms with Crippen LogP contribution >= 0.6 is 0 Å². The van der Waals surface area contributed by atoms with Gasteiger partial charge in [-0.05, 0) is 67.1 Å². The number of carbonyl (C=O) groups excluding carboxylic acids is 1. The first-order chi connectivity index (χ1) is 15.2. The molecule has 1 aliphatic carbocycles. The molecule has 1 fully saturated rings. The summed E-state index contributed by atoms with van der Waals surface area (Å²) in [5, 5.41) is 0. The third kappa shape index (κ3) is 5.13. The summed E-state index contributed by atoms with van der Waals surface area (Å²) in [6.07, 6.45) is 3.05. The third-order valence-electron chi connectivity index (χ3n) is 5.91. The van der Waals surface area contributed by atoms with E-state index in [0.717, 1.165) is 36.0 Å². The number of hydrogen-bond acceptors (Lipinski definition) is 2. The second-order valence-electron chi connectivity index (χ2n) is 8.00. The molecule has 1 amide bonds. The summed E-state index contributed by atoms with van der Waals surface area (Å²) < 4.78 is 18.9. The quantitative estimate of drug-likeness (QED) is 0.415. The molecule has 3 nitrogen and oxygen atoms in total. The Morgan fingerprint density at radius 3 is 2.35 bits per heavy atom. The lowest BCUT2D eigenvalue weighted by atomic mass is 9.97. The molecule has 4 heteroatoms. The van der Waals surface area contributed by atoms with Crippen LogP contribution in [-0.4, -0.2) is 30.0 Å². The molecule has 3 aromatic carbocycles. The highest BCUT2D eigenvalue weighted by Crippen LogP contribution is 2.38. The van der Waals surface area contributed by atoms with Gasteiger partial charge in [0.15, 0.2) is 0 Å². The molecule has 160 valence electrons. The molecule has 1 saturated carbocycles. The van der Waals surface area contributed by atoms with Gasteiger partial charge in [-0.2, -0.15) is 0 Å². The van der Waals surface area contributed by atoms with Crippen molar-refractivity contribution in [3.05, 3.63) is 90.2 Å². The van der Waals surface area contributed by atoms with Crippen molar-refractivity contribution in [2.75, 3.05) is 13.2 Å². The van der Waals surface area contributed by atoms with E-state index in [1.807, 2.05) is 66.4 Å². The van der Waals surface area contributed by atoms with Gasteiger partial charge < -0.3 is 9.64 Å². The molecule has 0 N–H and O–H groups in total. The number of halogens is 1. The van der Waals surface area contributed by atoms with Gasteiger partial charge in [0, 0.05) is 24.6 Å². The van der Waals surface area contributed by atoms with Crippen molar-refractivity contribution < 1.29 is 13.9 Å². The number of rotatable bonds is 9. The second-order valence-corrected chi connectivity index (χ2v) is 8.00. The lowest BCUT2D eigenvalue weighted by Crippen LogP contribution is -2.42. The van der Waals surface area contributed by atoms with Crippen LogP contribution in [0.3, 0.4) is 0 Å². The monoisotopic (exact) mass is 417 g/mol. The maximum absolute atomic E-state index is 13.7. The lowest BCUT2D eigenvalue weighted by Gasteiger charge is -2.32. The molecule has 0 aliphatic heterocycles. The van der Waals surface area contributed by atoms with E-state index in [0.29, 0.717) is 24.8 Å². The van der Waals surface area contributed by atoms with Crippen molar-refractivity contribution >= 4 is 5.91 Å². The van der Waals surface area contributed by atoms with Crippen molar-refractivity contribution in [3.63, 3.8) is 0 Å². The van der Waals surface area contributed by atoms with Crippen molar-refractivity contribution in [1.29, 1.82) is 0 Å². The maximum Gasteiger partial charge on any atom is 0.254 e. The minimum atomic E-state index is -0.275. The Hall–Kier alpha value is -3.14. The van der Waals surface area contributed by atoms with E-state index in [4.69, 9.17) is 4.74 Å². The zero-order valence-electron chi connectivity index (χ0n) is 17.8. The molecule has 0 aromatic heterocycles. The van der Waals surface area contributed by atoms with Crippen LogP contribution in [-0.2, 0) is 0 Å². The highest BCUT2D eigenvalue weighted by atomic mass is 19.1. The van der Waals surface area contributed by atoms with Crippen LogP contribution in [0.2, 0.25) is 0 Å². The number of hydrogen-bond donors (Lipinski definition) is 0. The Balaban J connectivity index is 1.51. The molecule has 4 rings (SSSR count). The molecule has 31 heavy (non-hydrogen) atoms. The average molecular weight is 418 g/mol.